The molecule has 0 saturated carbocycles. The Bertz CT molecular complexity index is 635. The molecule has 0 saturated heterocycles. The van der Waals surface area contributed by atoms with E-state index in [1.54, 1.807) is 24.3 Å². The summed E-state index contributed by atoms with van der Waals surface area (Å²) < 4.78 is 5.27. The lowest BCUT2D eigenvalue weighted by molar-refractivity contribution is 0.0734. The Labute approximate surface area is 115 Å². The SMILES string of the molecule is C=Cc1ccccc1OC(=O)c1ccc(O)c(Cl)c1. The summed E-state index contributed by atoms with van der Waals surface area (Å²) in [5.74, 6) is -0.201. The van der Waals surface area contributed by atoms with Crippen LogP contribution in [0.3, 0.4) is 0 Å². The molecule has 0 bridgehead atoms. The third-order valence-corrected chi connectivity index (χ3v) is 2.83. The molecule has 0 amide bonds. The molecular formula is C15H11ClO3. The smallest absolute Gasteiger partial charge is 0.343 e. The number of rotatable bonds is 3. The maximum Gasteiger partial charge on any atom is 0.343 e. The number of ether oxygens (including phenoxy) is 1. The summed E-state index contributed by atoms with van der Waals surface area (Å²) in [7, 11) is 0. The van der Waals surface area contributed by atoms with Crippen molar-refractivity contribution in [3.63, 3.8) is 0 Å². The molecule has 2 aromatic carbocycles. The lowest BCUT2D eigenvalue weighted by Crippen LogP contribution is -2.09. The van der Waals surface area contributed by atoms with Gasteiger partial charge >= 0.3 is 5.97 Å². The molecule has 0 aliphatic carbocycles. The van der Waals surface area contributed by atoms with Crippen molar-refractivity contribution in [1.82, 2.24) is 0 Å². The van der Waals surface area contributed by atoms with E-state index < -0.39 is 5.97 Å². The van der Waals surface area contributed by atoms with Crippen molar-refractivity contribution < 1.29 is 14.6 Å². The number of para-hydroxylation sites is 1. The van der Waals surface area contributed by atoms with Crippen molar-refractivity contribution in [1.29, 1.82) is 0 Å². The second-order valence-electron chi connectivity index (χ2n) is 3.80. The Morgan fingerprint density at radius 3 is 2.68 bits per heavy atom. The summed E-state index contributed by atoms with van der Waals surface area (Å²) in [5.41, 5.74) is 0.988. The molecule has 0 heterocycles. The van der Waals surface area contributed by atoms with Gasteiger partial charge in [-0.1, -0.05) is 42.5 Å². The van der Waals surface area contributed by atoms with Crippen molar-refractivity contribution in [2.24, 2.45) is 0 Å². The van der Waals surface area contributed by atoms with Gasteiger partial charge < -0.3 is 9.84 Å². The zero-order valence-electron chi connectivity index (χ0n) is 9.97. The Balaban J connectivity index is 2.25. The Morgan fingerprint density at radius 1 is 1.26 bits per heavy atom. The quantitative estimate of drug-likeness (QED) is 0.682. The number of carbonyl (C=O) groups excluding carboxylic acids is 1. The standard InChI is InChI=1S/C15H11ClO3/c1-2-10-5-3-4-6-14(10)19-15(18)11-7-8-13(17)12(16)9-11/h2-9,17H,1H2. The van der Waals surface area contributed by atoms with Crippen molar-refractivity contribution in [2.45, 2.75) is 0 Å². The molecule has 0 unspecified atom stereocenters. The van der Waals surface area contributed by atoms with Gasteiger partial charge in [-0.3, -0.25) is 0 Å². The largest absolute Gasteiger partial charge is 0.506 e. The normalized spacial score (nSPS) is 9.95. The molecule has 0 aliphatic heterocycles. The molecule has 4 heteroatoms. The minimum Gasteiger partial charge on any atom is -0.506 e. The number of esters is 1. The van der Waals surface area contributed by atoms with Crippen LogP contribution in [0.1, 0.15) is 15.9 Å². The second kappa shape index (κ2) is 5.59. The molecule has 2 rings (SSSR count). The lowest BCUT2D eigenvalue weighted by atomic mass is 10.2. The van der Waals surface area contributed by atoms with Crippen molar-refractivity contribution in [3.05, 3.63) is 65.2 Å². The highest BCUT2D eigenvalue weighted by Crippen LogP contribution is 2.25. The van der Waals surface area contributed by atoms with E-state index in [1.165, 1.54) is 18.2 Å². The van der Waals surface area contributed by atoms with Gasteiger partial charge in [0.15, 0.2) is 0 Å². The molecule has 19 heavy (non-hydrogen) atoms. The lowest BCUT2D eigenvalue weighted by Gasteiger charge is -2.07. The number of hydrogen-bond acceptors (Lipinski definition) is 3. The Kier molecular flexibility index (Phi) is 3.88. The molecule has 0 fully saturated rings. The molecular weight excluding hydrogens is 264 g/mol. The first kappa shape index (κ1) is 13.2. The summed E-state index contributed by atoms with van der Waals surface area (Å²) in [6.45, 7) is 3.65. The molecule has 0 spiro atoms. The zero-order chi connectivity index (χ0) is 13.8. The van der Waals surface area contributed by atoms with E-state index in [-0.39, 0.29) is 16.3 Å². The Hall–Kier alpha value is -2.26. The van der Waals surface area contributed by atoms with Crippen LogP contribution in [0.15, 0.2) is 49.0 Å². The fourth-order valence-electron chi connectivity index (χ4n) is 1.53. The van der Waals surface area contributed by atoms with E-state index in [2.05, 4.69) is 6.58 Å². The molecule has 1 N–H and O–H groups in total. The molecule has 0 atom stereocenters. The maximum absolute atomic E-state index is 11.9. The van der Waals surface area contributed by atoms with Crippen LogP contribution in [0.5, 0.6) is 11.5 Å². The zero-order valence-corrected chi connectivity index (χ0v) is 10.7. The minimum atomic E-state index is -0.545. The third kappa shape index (κ3) is 2.95. The van der Waals surface area contributed by atoms with E-state index in [9.17, 15) is 9.90 Å². The highest BCUT2D eigenvalue weighted by Gasteiger charge is 2.12. The van der Waals surface area contributed by atoms with E-state index in [0.717, 1.165) is 5.56 Å². The predicted molar refractivity (Wildman–Crippen MR) is 74.6 cm³/mol. The average molecular weight is 275 g/mol. The fraction of sp³-hybridized carbons (Fsp3) is 0. The highest BCUT2D eigenvalue weighted by atomic mass is 35.5. The summed E-state index contributed by atoms with van der Waals surface area (Å²) >= 11 is 5.75. The van der Waals surface area contributed by atoms with Gasteiger partial charge in [0.1, 0.15) is 11.5 Å². The summed E-state index contributed by atoms with van der Waals surface area (Å²) in [6.07, 6.45) is 1.60. The minimum absolute atomic E-state index is 0.0790. The number of benzene rings is 2. The van der Waals surface area contributed by atoms with Gasteiger partial charge in [-0.15, -0.1) is 0 Å². The van der Waals surface area contributed by atoms with E-state index >= 15 is 0 Å². The van der Waals surface area contributed by atoms with Crippen LogP contribution in [0.2, 0.25) is 5.02 Å². The second-order valence-corrected chi connectivity index (χ2v) is 4.20. The van der Waals surface area contributed by atoms with Crippen LogP contribution in [0.4, 0.5) is 0 Å². The van der Waals surface area contributed by atoms with E-state index in [1.807, 2.05) is 6.07 Å². The third-order valence-electron chi connectivity index (χ3n) is 2.52. The van der Waals surface area contributed by atoms with Gasteiger partial charge in [-0.25, -0.2) is 4.79 Å². The summed E-state index contributed by atoms with van der Waals surface area (Å²) in [5, 5.41) is 9.40. The van der Waals surface area contributed by atoms with Crippen LogP contribution >= 0.6 is 11.6 Å². The van der Waals surface area contributed by atoms with Gasteiger partial charge in [0.2, 0.25) is 0 Å². The molecule has 0 aromatic heterocycles. The van der Waals surface area contributed by atoms with Gasteiger partial charge in [0.25, 0.3) is 0 Å². The predicted octanol–water partition coefficient (Wildman–Crippen LogP) is 3.91. The average Bonchev–Trinajstić information content (AvgIpc) is 2.42. The van der Waals surface area contributed by atoms with Crippen LogP contribution in [-0.4, -0.2) is 11.1 Å². The number of aromatic hydroxyl groups is 1. The van der Waals surface area contributed by atoms with Crippen LogP contribution in [-0.2, 0) is 0 Å². The Morgan fingerprint density at radius 2 is 2.00 bits per heavy atom. The van der Waals surface area contributed by atoms with Crippen LogP contribution in [0.25, 0.3) is 6.08 Å². The van der Waals surface area contributed by atoms with Gasteiger partial charge in [-0.05, 0) is 24.3 Å². The first-order valence-electron chi connectivity index (χ1n) is 5.54. The fourth-order valence-corrected chi connectivity index (χ4v) is 1.72. The molecule has 96 valence electrons. The van der Waals surface area contributed by atoms with Gasteiger partial charge in [-0.2, -0.15) is 0 Å². The first-order chi connectivity index (χ1) is 9.11. The number of phenols is 1. The number of carbonyl (C=O) groups is 1. The van der Waals surface area contributed by atoms with Crippen molar-refractivity contribution >= 4 is 23.6 Å². The summed E-state index contributed by atoms with van der Waals surface area (Å²) in [4.78, 5) is 11.9. The monoisotopic (exact) mass is 274 g/mol. The highest BCUT2D eigenvalue weighted by molar-refractivity contribution is 6.32. The maximum atomic E-state index is 11.9. The van der Waals surface area contributed by atoms with E-state index in [0.29, 0.717) is 5.75 Å². The van der Waals surface area contributed by atoms with Crippen molar-refractivity contribution in [2.75, 3.05) is 0 Å². The molecule has 3 nitrogen and oxygen atoms in total. The molecule has 0 aliphatic rings. The van der Waals surface area contributed by atoms with Crippen molar-refractivity contribution in [3.8, 4) is 11.5 Å². The summed E-state index contributed by atoms with van der Waals surface area (Å²) in [6, 6.07) is 11.2. The number of halogens is 1. The molecule has 2 aromatic rings. The first-order valence-corrected chi connectivity index (χ1v) is 5.92. The number of phenolic OH excluding ortho intramolecular Hbond substituents is 1. The topological polar surface area (TPSA) is 46.5 Å². The molecule has 0 radical (unpaired) electrons. The number of hydrogen-bond donors (Lipinski definition) is 1. The van der Waals surface area contributed by atoms with Crippen LogP contribution < -0.4 is 4.74 Å². The van der Waals surface area contributed by atoms with Crippen LogP contribution in [0, 0.1) is 0 Å². The van der Waals surface area contributed by atoms with Gasteiger partial charge in [0.05, 0.1) is 10.6 Å². The van der Waals surface area contributed by atoms with E-state index in [4.69, 9.17) is 16.3 Å². The van der Waals surface area contributed by atoms with Gasteiger partial charge in [0, 0.05) is 5.56 Å².